The third kappa shape index (κ3) is 3.00. The number of benzene rings is 2. The molecule has 2 N–H and O–H groups in total. The SMILES string of the molecule is [2H]C([2H])(CO)C([2H])([2H])c1c(F)ccc2cc(OCOC)cc(O)c12. The van der Waals surface area contributed by atoms with Gasteiger partial charge in [-0.2, -0.15) is 0 Å². The number of hydrogen-bond acceptors (Lipinski definition) is 4. The Morgan fingerprint density at radius 2 is 2.15 bits per heavy atom. The predicted molar refractivity (Wildman–Crippen MR) is 73.5 cm³/mol. The molecule has 0 saturated heterocycles. The molecule has 0 aliphatic rings. The summed E-state index contributed by atoms with van der Waals surface area (Å²) in [5.74, 6) is -1.26. The number of rotatable bonds is 6. The van der Waals surface area contributed by atoms with Gasteiger partial charge in [0.25, 0.3) is 0 Å². The Morgan fingerprint density at radius 1 is 1.35 bits per heavy atom. The van der Waals surface area contributed by atoms with E-state index >= 15 is 0 Å². The topological polar surface area (TPSA) is 58.9 Å². The summed E-state index contributed by atoms with van der Waals surface area (Å²) in [6, 6.07) is 4.90. The molecule has 0 heterocycles. The van der Waals surface area contributed by atoms with Crippen LogP contribution in [0.1, 0.15) is 17.4 Å². The van der Waals surface area contributed by atoms with Gasteiger partial charge in [-0.25, -0.2) is 4.39 Å². The standard InChI is InChI=1S/C15H17FO4/c1-19-9-20-11-7-10-4-5-13(16)12(3-2-6-17)15(10)14(18)8-11/h4-5,7-8,17-18H,2-3,6,9H2,1H3/i2D2,3D2. The van der Waals surface area contributed by atoms with Crippen LogP contribution in [0.15, 0.2) is 24.3 Å². The maximum absolute atomic E-state index is 14.3. The lowest BCUT2D eigenvalue weighted by atomic mass is 9.99. The minimum atomic E-state index is -2.88. The fourth-order valence-electron chi connectivity index (χ4n) is 1.85. The Labute approximate surface area is 122 Å². The van der Waals surface area contributed by atoms with Gasteiger partial charge in [0.1, 0.15) is 17.3 Å². The van der Waals surface area contributed by atoms with Gasteiger partial charge in [0.05, 0.1) is 0 Å². The highest BCUT2D eigenvalue weighted by molar-refractivity contribution is 5.92. The van der Waals surface area contributed by atoms with Crippen LogP contribution < -0.4 is 4.74 Å². The number of aromatic hydroxyl groups is 1. The van der Waals surface area contributed by atoms with Crippen molar-refractivity contribution in [1.82, 2.24) is 0 Å². The van der Waals surface area contributed by atoms with Gasteiger partial charge in [-0.05, 0) is 35.8 Å². The maximum atomic E-state index is 14.3. The molecule has 0 aliphatic heterocycles. The van der Waals surface area contributed by atoms with E-state index in [2.05, 4.69) is 0 Å². The fraction of sp³-hybridized carbons (Fsp3) is 0.333. The van der Waals surface area contributed by atoms with Gasteiger partial charge in [-0.15, -0.1) is 0 Å². The molecule has 0 saturated carbocycles. The highest BCUT2D eigenvalue weighted by atomic mass is 19.1. The molecule has 0 radical (unpaired) electrons. The smallest absolute Gasteiger partial charge is 0.188 e. The minimum Gasteiger partial charge on any atom is -0.507 e. The van der Waals surface area contributed by atoms with Crippen LogP contribution in [0, 0.1) is 5.82 Å². The Balaban J connectivity index is 2.73. The molecule has 0 amide bonds. The lowest BCUT2D eigenvalue weighted by Gasteiger charge is -2.12. The second kappa shape index (κ2) is 6.54. The lowest BCUT2D eigenvalue weighted by molar-refractivity contribution is 0.0511. The van der Waals surface area contributed by atoms with Gasteiger partial charge in [0.15, 0.2) is 6.79 Å². The summed E-state index contributed by atoms with van der Waals surface area (Å²) >= 11 is 0. The van der Waals surface area contributed by atoms with E-state index in [1.54, 1.807) is 0 Å². The number of phenols is 1. The summed E-state index contributed by atoms with van der Waals surface area (Å²) in [5, 5.41) is 19.4. The number of aliphatic hydroxyl groups excluding tert-OH is 1. The van der Waals surface area contributed by atoms with Gasteiger partial charge in [0, 0.05) is 30.7 Å². The number of fused-ring (bicyclic) bond motifs is 1. The van der Waals surface area contributed by atoms with Crippen LogP contribution in [0.4, 0.5) is 4.39 Å². The molecule has 20 heavy (non-hydrogen) atoms. The van der Waals surface area contributed by atoms with E-state index in [1.807, 2.05) is 0 Å². The Bertz CT molecular complexity index is 752. The van der Waals surface area contributed by atoms with Crippen LogP contribution >= 0.6 is 0 Å². The predicted octanol–water partition coefficient (Wildman–Crippen LogP) is 2.59. The number of halogens is 1. The van der Waals surface area contributed by atoms with E-state index in [9.17, 15) is 9.50 Å². The van der Waals surface area contributed by atoms with Gasteiger partial charge >= 0.3 is 0 Å². The summed E-state index contributed by atoms with van der Waals surface area (Å²) < 4.78 is 55.5. The van der Waals surface area contributed by atoms with Crippen molar-refractivity contribution in [2.75, 3.05) is 20.5 Å². The first-order valence-corrected chi connectivity index (χ1v) is 5.84. The van der Waals surface area contributed by atoms with E-state index < -0.39 is 36.5 Å². The van der Waals surface area contributed by atoms with Gasteiger partial charge in [-0.1, -0.05) is 6.07 Å². The molecule has 0 fully saturated rings. The second-order valence-corrected chi connectivity index (χ2v) is 3.97. The number of aliphatic hydroxyl groups is 1. The van der Waals surface area contributed by atoms with Crippen molar-refractivity contribution >= 4 is 10.8 Å². The largest absolute Gasteiger partial charge is 0.507 e. The van der Waals surface area contributed by atoms with Crippen molar-refractivity contribution in [2.45, 2.75) is 12.7 Å². The number of methoxy groups -OCH3 is 1. The van der Waals surface area contributed by atoms with E-state index in [0.29, 0.717) is 0 Å². The molecule has 108 valence electrons. The quantitative estimate of drug-likeness (QED) is 0.801. The van der Waals surface area contributed by atoms with E-state index in [0.717, 1.165) is 12.1 Å². The highest BCUT2D eigenvalue weighted by Crippen LogP contribution is 2.34. The molecule has 2 aromatic carbocycles. The van der Waals surface area contributed by atoms with E-state index in [-0.39, 0.29) is 23.3 Å². The Kier molecular flexibility index (Phi) is 3.26. The summed E-state index contributed by atoms with van der Waals surface area (Å²) in [6.45, 7) is -1.22. The zero-order chi connectivity index (χ0) is 18.1. The van der Waals surface area contributed by atoms with Crippen molar-refractivity contribution in [3.63, 3.8) is 0 Å². The third-order valence-electron chi connectivity index (χ3n) is 2.66. The Hall–Kier alpha value is -1.85. The molecule has 0 aliphatic carbocycles. The van der Waals surface area contributed by atoms with Crippen LogP contribution in [-0.2, 0) is 11.1 Å². The molecule has 0 unspecified atom stereocenters. The third-order valence-corrected chi connectivity index (χ3v) is 2.66. The molecular weight excluding hydrogens is 263 g/mol. The van der Waals surface area contributed by atoms with E-state index in [1.165, 1.54) is 19.2 Å². The summed E-state index contributed by atoms with van der Waals surface area (Å²) in [7, 11) is 1.42. The van der Waals surface area contributed by atoms with Gasteiger partial charge in [-0.3, -0.25) is 0 Å². The fourth-order valence-corrected chi connectivity index (χ4v) is 1.85. The van der Waals surface area contributed by atoms with Crippen LogP contribution in [0.2, 0.25) is 0 Å². The lowest BCUT2D eigenvalue weighted by Crippen LogP contribution is -2.00. The maximum Gasteiger partial charge on any atom is 0.188 e. The first kappa shape index (κ1) is 9.96. The van der Waals surface area contributed by atoms with Crippen LogP contribution in [-0.4, -0.2) is 30.7 Å². The average Bonchev–Trinajstić information content (AvgIpc) is 2.52. The number of hydrogen-bond donors (Lipinski definition) is 2. The molecule has 0 atom stereocenters. The number of phenolic OH excluding ortho intramolecular Hbond substituents is 1. The summed E-state index contributed by atoms with van der Waals surface area (Å²) in [6.07, 6.45) is -5.63. The van der Waals surface area contributed by atoms with Crippen LogP contribution in [0.3, 0.4) is 0 Å². The molecule has 2 rings (SSSR count). The van der Waals surface area contributed by atoms with Crippen molar-refractivity contribution in [3.8, 4) is 11.5 Å². The Morgan fingerprint density at radius 3 is 2.85 bits per heavy atom. The molecule has 4 nitrogen and oxygen atoms in total. The summed E-state index contributed by atoms with van der Waals surface area (Å²) in [5.41, 5.74) is -0.658. The highest BCUT2D eigenvalue weighted by Gasteiger charge is 2.13. The zero-order valence-electron chi connectivity index (χ0n) is 14.8. The van der Waals surface area contributed by atoms with Crippen LogP contribution in [0.5, 0.6) is 11.5 Å². The first-order chi connectivity index (χ1) is 11.2. The molecule has 5 heteroatoms. The van der Waals surface area contributed by atoms with Gasteiger partial charge < -0.3 is 19.7 Å². The first-order valence-electron chi connectivity index (χ1n) is 7.84. The normalized spacial score (nSPS) is 15.3. The number of aryl methyl sites for hydroxylation is 1. The van der Waals surface area contributed by atoms with Crippen molar-refractivity contribution in [1.29, 1.82) is 0 Å². The van der Waals surface area contributed by atoms with Crippen molar-refractivity contribution in [2.24, 2.45) is 0 Å². The molecule has 2 aromatic rings. The molecule has 0 aromatic heterocycles. The zero-order valence-corrected chi connectivity index (χ0v) is 10.8. The molecule has 0 spiro atoms. The minimum absolute atomic E-state index is 0.0765. The van der Waals surface area contributed by atoms with Crippen molar-refractivity contribution in [3.05, 3.63) is 35.6 Å². The van der Waals surface area contributed by atoms with Crippen molar-refractivity contribution < 1.29 is 29.6 Å². The second-order valence-electron chi connectivity index (χ2n) is 3.97. The molecule has 0 bridgehead atoms. The van der Waals surface area contributed by atoms with Crippen LogP contribution in [0.25, 0.3) is 10.8 Å². The number of ether oxygens (including phenoxy) is 2. The molecular formula is C15H17FO4. The van der Waals surface area contributed by atoms with E-state index in [4.69, 9.17) is 20.1 Å². The summed E-state index contributed by atoms with van der Waals surface area (Å²) in [4.78, 5) is 0. The monoisotopic (exact) mass is 284 g/mol. The average molecular weight is 284 g/mol. The van der Waals surface area contributed by atoms with Gasteiger partial charge in [0.2, 0.25) is 0 Å².